The second-order valence-corrected chi connectivity index (χ2v) is 5.61. The lowest BCUT2D eigenvalue weighted by atomic mass is 10.1. The van der Waals surface area contributed by atoms with E-state index >= 15 is 0 Å². The van der Waals surface area contributed by atoms with Crippen LogP contribution in [0.5, 0.6) is 0 Å². The van der Waals surface area contributed by atoms with Crippen molar-refractivity contribution in [2.75, 3.05) is 18.1 Å². The summed E-state index contributed by atoms with van der Waals surface area (Å²) in [5, 5.41) is 1.91. The predicted molar refractivity (Wildman–Crippen MR) is 89.7 cm³/mol. The minimum Gasteiger partial charge on any atom is -0.312 e. The zero-order chi connectivity index (χ0) is 17.4. The van der Waals surface area contributed by atoms with Gasteiger partial charge in [-0.1, -0.05) is 0 Å². The van der Waals surface area contributed by atoms with Crippen LogP contribution in [0, 0.1) is 18.6 Å². The highest BCUT2D eigenvalue weighted by molar-refractivity contribution is 6.28. The smallest absolute Gasteiger partial charge is 0.223 e. The standard InChI is InChI=1S/C16H16ClF2N5/c1-4-23(5-2)24-9(3)21-15-11(18)6-10(7-13(15)24)14-12(19)8-20-16(17)22-14/h6-8H,4-5H2,1-3H3. The Labute approximate surface area is 142 Å². The molecule has 1 aromatic carbocycles. The Morgan fingerprint density at radius 3 is 2.50 bits per heavy atom. The molecule has 0 atom stereocenters. The van der Waals surface area contributed by atoms with Gasteiger partial charge in [-0.3, -0.25) is 0 Å². The normalized spacial score (nSPS) is 11.2. The van der Waals surface area contributed by atoms with E-state index in [1.807, 2.05) is 23.5 Å². The molecule has 0 spiro atoms. The lowest BCUT2D eigenvalue weighted by molar-refractivity contribution is 0.615. The Hall–Kier alpha value is -2.28. The van der Waals surface area contributed by atoms with Crippen LogP contribution in [0.15, 0.2) is 18.3 Å². The average molecular weight is 352 g/mol. The van der Waals surface area contributed by atoms with Gasteiger partial charge < -0.3 is 5.01 Å². The molecule has 5 nitrogen and oxygen atoms in total. The number of benzene rings is 1. The van der Waals surface area contributed by atoms with Crippen LogP contribution in [0.25, 0.3) is 22.3 Å². The molecule has 0 saturated heterocycles. The molecule has 0 unspecified atom stereocenters. The van der Waals surface area contributed by atoms with E-state index in [4.69, 9.17) is 11.6 Å². The predicted octanol–water partition coefficient (Wildman–Crippen LogP) is 3.71. The van der Waals surface area contributed by atoms with E-state index in [0.717, 1.165) is 19.3 Å². The zero-order valence-electron chi connectivity index (χ0n) is 13.5. The van der Waals surface area contributed by atoms with Crippen LogP contribution < -0.4 is 5.01 Å². The van der Waals surface area contributed by atoms with Crippen molar-refractivity contribution >= 4 is 22.6 Å². The number of aromatic nitrogens is 4. The van der Waals surface area contributed by atoms with Crippen LogP contribution in [0.3, 0.4) is 0 Å². The third-order valence-corrected chi connectivity index (χ3v) is 4.03. The summed E-state index contributed by atoms with van der Waals surface area (Å²) < 4.78 is 30.4. The summed E-state index contributed by atoms with van der Waals surface area (Å²) >= 11 is 5.75. The van der Waals surface area contributed by atoms with Gasteiger partial charge in [-0.05, 0) is 44.5 Å². The summed E-state index contributed by atoms with van der Waals surface area (Å²) in [5.41, 5.74) is 1.04. The molecule has 2 heterocycles. The third kappa shape index (κ3) is 2.69. The molecule has 0 fully saturated rings. The topological polar surface area (TPSA) is 46.8 Å². The van der Waals surface area contributed by atoms with Crippen molar-refractivity contribution in [2.45, 2.75) is 20.8 Å². The number of imidazole rings is 1. The van der Waals surface area contributed by atoms with Gasteiger partial charge in [-0.2, -0.15) is 0 Å². The van der Waals surface area contributed by atoms with Crippen LogP contribution in [-0.4, -0.2) is 32.7 Å². The van der Waals surface area contributed by atoms with Crippen molar-refractivity contribution in [3.63, 3.8) is 0 Å². The molecule has 0 bridgehead atoms. The van der Waals surface area contributed by atoms with Crippen LogP contribution in [-0.2, 0) is 0 Å². The number of hydrogen-bond donors (Lipinski definition) is 0. The molecule has 0 aliphatic heterocycles. The van der Waals surface area contributed by atoms with Crippen LogP contribution in [0.1, 0.15) is 19.7 Å². The lowest BCUT2D eigenvalue weighted by Crippen LogP contribution is -2.34. The van der Waals surface area contributed by atoms with Gasteiger partial charge >= 0.3 is 0 Å². The van der Waals surface area contributed by atoms with E-state index in [2.05, 4.69) is 15.0 Å². The molecule has 0 aliphatic rings. The van der Waals surface area contributed by atoms with Gasteiger partial charge in [-0.15, -0.1) is 0 Å². The highest BCUT2D eigenvalue weighted by Gasteiger charge is 2.18. The van der Waals surface area contributed by atoms with Crippen molar-refractivity contribution in [1.29, 1.82) is 0 Å². The molecule has 3 aromatic rings. The van der Waals surface area contributed by atoms with Gasteiger partial charge in [0.2, 0.25) is 5.28 Å². The van der Waals surface area contributed by atoms with Crippen LogP contribution >= 0.6 is 11.6 Å². The van der Waals surface area contributed by atoms with Crippen molar-refractivity contribution in [3.05, 3.63) is 41.1 Å². The zero-order valence-corrected chi connectivity index (χ0v) is 14.3. The van der Waals surface area contributed by atoms with E-state index in [-0.39, 0.29) is 22.1 Å². The SMILES string of the molecule is CCN(CC)n1c(C)nc2c(F)cc(-c3nc(Cl)ncc3F)cc21. The number of nitrogens with zero attached hydrogens (tertiary/aromatic N) is 5. The molecule has 24 heavy (non-hydrogen) atoms. The fourth-order valence-electron chi connectivity index (χ4n) is 2.79. The molecule has 0 radical (unpaired) electrons. The van der Waals surface area contributed by atoms with E-state index in [1.165, 1.54) is 6.07 Å². The number of aryl methyl sites for hydroxylation is 1. The highest BCUT2D eigenvalue weighted by Crippen LogP contribution is 2.28. The molecular weight excluding hydrogens is 336 g/mol. The summed E-state index contributed by atoms with van der Waals surface area (Å²) in [7, 11) is 0. The maximum atomic E-state index is 14.5. The van der Waals surface area contributed by atoms with Gasteiger partial charge in [0.1, 0.15) is 17.0 Å². The second kappa shape index (κ2) is 6.32. The summed E-state index contributed by atoms with van der Waals surface area (Å²) in [4.78, 5) is 11.8. The molecular formula is C16H16ClF2N5. The van der Waals surface area contributed by atoms with Crippen LogP contribution in [0.4, 0.5) is 8.78 Å². The Balaban J connectivity index is 2.29. The Bertz CT molecular complexity index is 905. The van der Waals surface area contributed by atoms with E-state index in [9.17, 15) is 8.78 Å². The van der Waals surface area contributed by atoms with Crippen molar-refractivity contribution in [2.24, 2.45) is 0 Å². The van der Waals surface area contributed by atoms with E-state index < -0.39 is 11.6 Å². The molecule has 0 saturated carbocycles. The largest absolute Gasteiger partial charge is 0.312 e. The maximum absolute atomic E-state index is 14.5. The highest BCUT2D eigenvalue weighted by atomic mass is 35.5. The number of rotatable bonds is 4. The van der Waals surface area contributed by atoms with Crippen molar-refractivity contribution in [3.8, 4) is 11.3 Å². The first-order valence-corrected chi connectivity index (χ1v) is 7.96. The minimum atomic E-state index is -0.663. The number of fused-ring (bicyclic) bond motifs is 1. The van der Waals surface area contributed by atoms with E-state index in [1.54, 1.807) is 13.0 Å². The van der Waals surface area contributed by atoms with Crippen molar-refractivity contribution < 1.29 is 8.78 Å². The minimum absolute atomic E-state index is 0.0410. The first-order valence-electron chi connectivity index (χ1n) is 7.58. The molecule has 126 valence electrons. The summed E-state index contributed by atoms with van der Waals surface area (Å²) in [5.74, 6) is -0.541. The number of hydrogen-bond acceptors (Lipinski definition) is 4. The maximum Gasteiger partial charge on any atom is 0.223 e. The molecule has 3 rings (SSSR count). The lowest BCUT2D eigenvalue weighted by Gasteiger charge is -2.24. The first kappa shape index (κ1) is 16.6. The van der Waals surface area contributed by atoms with Gasteiger partial charge in [0.15, 0.2) is 11.6 Å². The van der Waals surface area contributed by atoms with Crippen molar-refractivity contribution in [1.82, 2.24) is 19.6 Å². The fraction of sp³-hybridized carbons (Fsp3) is 0.312. The van der Waals surface area contributed by atoms with Gasteiger partial charge in [0.25, 0.3) is 0 Å². The average Bonchev–Trinajstić information content (AvgIpc) is 2.88. The number of halogens is 3. The molecule has 2 aromatic heterocycles. The summed E-state index contributed by atoms with van der Waals surface area (Å²) in [6.45, 7) is 7.25. The Kier molecular flexibility index (Phi) is 4.36. The quantitative estimate of drug-likeness (QED) is 0.672. The third-order valence-electron chi connectivity index (χ3n) is 3.85. The van der Waals surface area contributed by atoms with Crippen LogP contribution in [0.2, 0.25) is 5.28 Å². The van der Waals surface area contributed by atoms with Gasteiger partial charge in [0.05, 0.1) is 11.7 Å². The summed E-state index contributed by atoms with van der Waals surface area (Å²) in [6, 6.07) is 2.88. The molecule has 0 amide bonds. The molecule has 0 aliphatic carbocycles. The van der Waals surface area contributed by atoms with Gasteiger partial charge in [0, 0.05) is 18.7 Å². The Morgan fingerprint density at radius 2 is 1.83 bits per heavy atom. The molecule has 0 N–H and O–H groups in total. The fourth-order valence-corrected chi connectivity index (χ4v) is 2.92. The first-order chi connectivity index (χ1) is 11.5. The monoisotopic (exact) mass is 351 g/mol. The van der Waals surface area contributed by atoms with Gasteiger partial charge in [-0.25, -0.2) is 28.4 Å². The second-order valence-electron chi connectivity index (χ2n) is 5.27. The molecule has 8 heteroatoms. The Morgan fingerprint density at radius 1 is 1.12 bits per heavy atom. The summed E-state index contributed by atoms with van der Waals surface area (Å²) in [6.07, 6.45) is 0.972. The van der Waals surface area contributed by atoms with E-state index in [0.29, 0.717) is 11.3 Å².